The van der Waals surface area contributed by atoms with Crippen molar-refractivity contribution in [2.75, 3.05) is 0 Å². The fraction of sp³-hybridized carbons (Fsp3) is 0.0714. The van der Waals surface area contributed by atoms with Crippen molar-refractivity contribution in [3.8, 4) is 16.9 Å². The predicted molar refractivity (Wildman–Crippen MR) is 68.9 cm³/mol. The normalized spacial score (nSPS) is 11.4. The van der Waals surface area contributed by atoms with Crippen molar-refractivity contribution in [1.82, 2.24) is 0 Å². The number of hydrogen-bond donors (Lipinski definition) is 1. The number of phenolic OH excluding ortho intramolecular Hbond substituents is 1. The molecule has 0 atom stereocenters. The Kier molecular flexibility index (Phi) is 3.72. The van der Waals surface area contributed by atoms with Crippen molar-refractivity contribution in [3.05, 3.63) is 52.5 Å². The highest BCUT2D eigenvalue weighted by molar-refractivity contribution is 6.32. The molecule has 20 heavy (non-hydrogen) atoms. The summed E-state index contributed by atoms with van der Waals surface area (Å²) in [6.45, 7) is 0. The van der Waals surface area contributed by atoms with Gasteiger partial charge in [0.15, 0.2) is 6.29 Å². The number of phenols is 1. The van der Waals surface area contributed by atoms with Gasteiger partial charge in [-0.25, -0.2) is 0 Å². The van der Waals surface area contributed by atoms with Gasteiger partial charge in [0, 0.05) is 0 Å². The van der Waals surface area contributed by atoms with Gasteiger partial charge in [0.25, 0.3) is 0 Å². The van der Waals surface area contributed by atoms with Crippen LogP contribution in [0.1, 0.15) is 15.9 Å². The zero-order valence-corrected chi connectivity index (χ0v) is 10.7. The molecular weight excluding hydrogens is 293 g/mol. The smallest absolute Gasteiger partial charge is 0.416 e. The predicted octanol–water partition coefficient (Wildman–Crippen LogP) is 4.54. The van der Waals surface area contributed by atoms with E-state index in [2.05, 4.69) is 0 Å². The molecule has 0 bridgehead atoms. The lowest BCUT2D eigenvalue weighted by Gasteiger charge is -2.10. The number of aromatic hydroxyl groups is 1. The minimum Gasteiger partial charge on any atom is -0.506 e. The molecule has 2 rings (SSSR count). The number of hydrogen-bond acceptors (Lipinski definition) is 2. The van der Waals surface area contributed by atoms with Crippen LogP contribution in [-0.4, -0.2) is 11.4 Å². The summed E-state index contributed by atoms with van der Waals surface area (Å²) < 4.78 is 38.0. The SMILES string of the molecule is O=Cc1cc(-c2cccc(C(F)(F)F)c2)cc(Cl)c1O. The van der Waals surface area contributed by atoms with E-state index in [1.807, 2.05) is 0 Å². The molecule has 0 aliphatic carbocycles. The summed E-state index contributed by atoms with van der Waals surface area (Å²) in [7, 11) is 0. The summed E-state index contributed by atoms with van der Waals surface area (Å²) in [6.07, 6.45) is -4.07. The number of alkyl halides is 3. The van der Waals surface area contributed by atoms with Crippen LogP contribution in [0.5, 0.6) is 5.75 Å². The Morgan fingerprint density at radius 2 is 1.80 bits per heavy atom. The Labute approximate surface area is 117 Å². The minimum atomic E-state index is -4.45. The van der Waals surface area contributed by atoms with Crippen molar-refractivity contribution in [3.63, 3.8) is 0 Å². The molecule has 2 aromatic carbocycles. The van der Waals surface area contributed by atoms with Gasteiger partial charge in [-0.2, -0.15) is 13.2 Å². The molecule has 0 fully saturated rings. The Hall–Kier alpha value is -2.01. The summed E-state index contributed by atoms with van der Waals surface area (Å²) in [4.78, 5) is 10.8. The van der Waals surface area contributed by atoms with E-state index in [1.165, 1.54) is 24.3 Å². The van der Waals surface area contributed by atoms with E-state index in [0.717, 1.165) is 12.1 Å². The molecule has 0 amide bonds. The van der Waals surface area contributed by atoms with Crippen LogP contribution in [-0.2, 0) is 6.18 Å². The quantitative estimate of drug-likeness (QED) is 0.827. The maximum absolute atomic E-state index is 12.7. The number of rotatable bonds is 2. The van der Waals surface area contributed by atoms with Gasteiger partial charge in [0.1, 0.15) is 5.75 Å². The van der Waals surface area contributed by atoms with E-state index in [1.54, 1.807) is 0 Å². The molecule has 0 saturated heterocycles. The van der Waals surface area contributed by atoms with E-state index < -0.39 is 17.5 Å². The van der Waals surface area contributed by atoms with Gasteiger partial charge in [-0.05, 0) is 35.4 Å². The Balaban J connectivity index is 2.57. The number of benzene rings is 2. The number of halogens is 4. The van der Waals surface area contributed by atoms with Crippen molar-refractivity contribution >= 4 is 17.9 Å². The minimum absolute atomic E-state index is 0.0788. The molecular formula is C14H8ClF3O2. The van der Waals surface area contributed by atoms with Crippen LogP contribution in [0, 0.1) is 0 Å². The fourth-order valence-corrected chi connectivity index (χ4v) is 1.98. The standard InChI is InChI=1S/C14H8ClF3O2/c15-12-6-9(4-10(7-19)13(12)20)8-2-1-3-11(5-8)14(16,17)18/h1-7,20H. The van der Waals surface area contributed by atoms with Gasteiger partial charge in [0.05, 0.1) is 16.1 Å². The monoisotopic (exact) mass is 300 g/mol. The summed E-state index contributed by atoms with van der Waals surface area (Å²) in [5.41, 5.74) is -0.303. The van der Waals surface area contributed by atoms with Gasteiger partial charge in [-0.3, -0.25) is 4.79 Å². The zero-order valence-electron chi connectivity index (χ0n) is 9.91. The van der Waals surface area contributed by atoms with Crippen LogP contribution in [0.25, 0.3) is 11.1 Å². The lowest BCUT2D eigenvalue weighted by molar-refractivity contribution is -0.137. The molecule has 2 aromatic rings. The summed E-state index contributed by atoms with van der Waals surface area (Å²) in [5.74, 6) is -0.391. The first-order valence-electron chi connectivity index (χ1n) is 5.48. The number of carbonyl (C=O) groups is 1. The molecule has 6 heteroatoms. The zero-order chi connectivity index (χ0) is 14.9. The fourth-order valence-electron chi connectivity index (χ4n) is 1.75. The molecule has 2 nitrogen and oxygen atoms in total. The molecule has 0 saturated carbocycles. The molecule has 0 heterocycles. The molecule has 1 N–H and O–H groups in total. The largest absolute Gasteiger partial charge is 0.506 e. The molecule has 104 valence electrons. The molecule has 0 radical (unpaired) electrons. The second kappa shape index (κ2) is 5.17. The summed E-state index contributed by atoms with van der Waals surface area (Å²) >= 11 is 5.75. The van der Waals surface area contributed by atoms with Gasteiger partial charge < -0.3 is 5.11 Å². The van der Waals surface area contributed by atoms with Crippen molar-refractivity contribution in [2.45, 2.75) is 6.18 Å². The van der Waals surface area contributed by atoms with Gasteiger partial charge in [-0.15, -0.1) is 0 Å². The lowest BCUT2D eigenvalue weighted by Crippen LogP contribution is -2.04. The number of aldehydes is 1. The van der Waals surface area contributed by atoms with E-state index in [4.69, 9.17) is 11.6 Å². The van der Waals surface area contributed by atoms with Crippen molar-refractivity contribution in [2.24, 2.45) is 0 Å². The second-order valence-corrected chi connectivity index (χ2v) is 4.50. The number of carbonyl (C=O) groups excluding carboxylic acids is 1. The van der Waals surface area contributed by atoms with E-state index in [9.17, 15) is 23.1 Å². The third-order valence-corrected chi connectivity index (χ3v) is 3.03. The first-order valence-corrected chi connectivity index (χ1v) is 5.86. The van der Waals surface area contributed by atoms with Crippen LogP contribution < -0.4 is 0 Å². The summed E-state index contributed by atoms with van der Waals surface area (Å²) in [6, 6.07) is 7.22. The van der Waals surface area contributed by atoms with Crippen molar-refractivity contribution < 1.29 is 23.1 Å². The van der Waals surface area contributed by atoms with Crippen LogP contribution in [0.3, 0.4) is 0 Å². The molecule has 0 unspecified atom stereocenters. The topological polar surface area (TPSA) is 37.3 Å². The van der Waals surface area contributed by atoms with Gasteiger partial charge in [-0.1, -0.05) is 23.7 Å². The highest BCUT2D eigenvalue weighted by Gasteiger charge is 2.30. The van der Waals surface area contributed by atoms with E-state index >= 15 is 0 Å². The second-order valence-electron chi connectivity index (χ2n) is 4.09. The van der Waals surface area contributed by atoms with Gasteiger partial charge in [0.2, 0.25) is 0 Å². The maximum atomic E-state index is 12.7. The van der Waals surface area contributed by atoms with Crippen LogP contribution in [0.15, 0.2) is 36.4 Å². The third kappa shape index (κ3) is 2.77. The van der Waals surface area contributed by atoms with Crippen LogP contribution in [0.2, 0.25) is 5.02 Å². The van der Waals surface area contributed by atoms with E-state index in [-0.39, 0.29) is 16.1 Å². The Morgan fingerprint density at radius 3 is 2.40 bits per heavy atom. The van der Waals surface area contributed by atoms with Gasteiger partial charge >= 0.3 is 6.18 Å². The lowest BCUT2D eigenvalue weighted by atomic mass is 10.0. The molecule has 0 aliphatic heterocycles. The average Bonchev–Trinajstić information content (AvgIpc) is 2.41. The molecule has 0 spiro atoms. The molecule has 0 aromatic heterocycles. The highest BCUT2D eigenvalue weighted by Crippen LogP contribution is 2.35. The van der Waals surface area contributed by atoms with Crippen LogP contribution >= 0.6 is 11.6 Å². The average molecular weight is 301 g/mol. The maximum Gasteiger partial charge on any atom is 0.416 e. The van der Waals surface area contributed by atoms with Crippen LogP contribution in [0.4, 0.5) is 13.2 Å². The molecule has 0 aliphatic rings. The first-order chi connectivity index (χ1) is 9.32. The van der Waals surface area contributed by atoms with E-state index in [0.29, 0.717) is 11.8 Å². The third-order valence-electron chi connectivity index (χ3n) is 2.74. The Bertz CT molecular complexity index is 666. The van der Waals surface area contributed by atoms with Crippen molar-refractivity contribution in [1.29, 1.82) is 0 Å². The first kappa shape index (κ1) is 14.4. The summed E-state index contributed by atoms with van der Waals surface area (Å²) in [5, 5.41) is 9.41. The highest BCUT2D eigenvalue weighted by atomic mass is 35.5. The Morgan fingerprint density at radius 1 is 1.10 bits per heavy atom.